The molecule has 13 heteroatoms. The van der Waals surface area contributed by atoms with Crippen LogP contribution >= 0.6 is 23.1 Å². The van der Waals surface area contributed by atoms with E-state index in [1.54, 1.807) is 6.07 Å². The van der Waals surface area contributed by atoms with Crippen molar-refractivity contribution in [2.24, 2.45) is 5.92 Å². The smallest absolute Gasteiger partial charge is 0.308 e. The predicted molar refractivity (Wildman–Crippen MR) is 182 cm³/mol. The zero-order valence-corrected chi connectivity index (χ0v) is 26.8. The molecule has 2 aliphatic rings. The average Bonchev–Trinajstić information content (AvgIpc) is 3.51. The number of rotatable bonds is 7. The van der Waals surface area contributed by atoms with E-state index >= 15 is 0 Å². The second-order valence-electron chi connectivity index (χ2n) is 11.5. The third-order valence-electron chi connectivity index (χ3n) is 8.50. The van der Waals surface area contributed by atoms with Gasteiger partial charge >= 0.3 is 4.87 Å². The summed E-state index contributed by atoms with van der Waals surface area (Å²) in [7, 11) is 3.83. The van der Waals surface area contributed by atoms with E-state index in [4.69, 9.17) is 0 Å². The molecule has 1 aromatic heterocycles. The molecule has 0 bridgehead atoms. The number of nitrogens with zero attached hydrogens (tertiary/aromatic N) is 4. The van der Waals surface area contributed by atoms with Gasteiger partial charge < -0.3 is 10.2 Å². The molecule has 2 aliphatic heterocycles. The Morgan fingerprint density at radius 1 is 0.915 bits per heavy atom. The molecule has 3 amide bonds. The maximum Gasteiger partial charge on any atom is 0.308 e. The molecule has 3 atom stereocenters. The van der Waals surface area contributed by atoms with Crippen molar-refractivity contribution in [1.82, 2.24) is 4.57 Å². The van der Waals surface area contributed by atoms with Crippen molar-refractivity contribution in [3.05, 3.63) is 121 Å². The van der Waals surface area contributed by atoms with E-state index in [0.717, 1.165) is 50.0 Å². The van der Waals surface area contributed by atoms with E-state index in [-0.39, 0.29) is 22.8 Å². The third kappa shape index (κ3) is 5.26. The van der Waals surface area contributed by atoms with Crippen LogP contribution in [0.5, 0.6) is 0 Å². The Labute approximate surface area is 276 Å². The molecule has 0 saturated carbocycles. The highest BCUT2D eigenvalue weighted by Gasteiger charge is 2.56. The molecule has 0 unspecified atom stereocenters. The van der Waals surface area contributed by atoms with Crippen LogP contribution in [-0.2, 0) is 20.9 Å². The number of carbonyl (C=O) groups is 3. The minimum atomic E-state index is -0.884. The van der Waals surface area contributed by atoms with Crippen molar-refractivity contribution < 1.29 is 19.3 Å². The predicted octanol–water partition coefficient (Wildman–Crippen LogP) is 5.47. The van der Waals surface area contributed by atoms with Crippen LogP contribution in [0.25, 0.3) is 10.8 Å². The van der Waals surface area contributed by atoms with E-state index in [1.807, 2.05) is 79.7 Å². The number of thiazole rings is 1. The van der Waals surface area contributed by atoms with Gasteiger partial charge in [0.25, 0.3) is 5.69 Å². The molecule has 236 valence electrons. The van der Waals surface area contributed by atoms with Crippen LogP contribution in [0.3, 0.4) is 0 Å². The number of hydrogen-bond acceptors (Lipinski definition) is 9. The molecule has 1 fully saturated rings. The summed E-state index contributed by atoms with van der Waals surface area (Å²) < 4.78 is 1.38. The molecule has 0 aliphatic carbocycles. The quantitative estimate of drug-likeness (QED) is 0.137. The number of nitrogens with one attached hydrogen (secondary N) is 1. The number of aromatic nitrogens is 1. The monoisotopic (exact) mass is 665 g/mol. The van der Waals surface area contributed by atoms with Crippen LogP contribution in [0.15, 0.2) is 101 Å². The Kier molecular flexibility index (Phi) is 7.65. The number of amides is 3. The van der Waals surface area contributed by atoms with E-state index in [1.165, 1.54) is 28.8 Å². The number of anilines is 3. The van der Waals surface area contributed by atoms with E-state index in [0.29, 0.717) is 15.6 Å². The minimum Gasteiger partial charge on any atom is -0.378 e. The first kappa shape index (κ1) is 30.4. The molecular weight excluding hydrogens is 639 g/mol. The summed E-state index contributed by atoms with van der Waals surface area (Å²) in [4.78, 5) is 69.0. The number of nitro groups is 1. The first-order chi connectivity index (χ1) is 22.6. The summed E-state index contributed by atoms with van der Waals surface area (Å²) in [6.07, 6.45) is 0. The molecule has 1 N–H and O–H groups in total. The summed E-state index contributed by atoms with van der Waals surface area (Å²) in [5.41, 5.74) is 2.39. The summed E-state index contributed by atoms with van der Waals surface area (Å²) in [5.74, 6) is -2.80. The number of thioether (sulfide) groups is 1. The van der Waals surface area contributed by atoms with Crippen LogP contribution < -0.4 is 20.0 Å². The van der Waals surface area contributed by atoms with Gasteiger partial charge in [-0.2, -0.15) is 0 Å². The molecular formula is C34H27N5O6S2. The first-order valence-corrected chi connectivity index (χ1v) is 16.4. The zero-order valence-electron chi connectivity index (χ0n) is 25.2. The molecule has 1 saturated heterocycles. The molecule has 5 aromatic rings. The highest BCUT2D eigenvalue weighted by Crippen LogP contribution is 2.54. The number of hydrogen-bond donors (Lipinski definition) is 1. The van der Waals surface area contributed by atoms with Gasteiger partial charge in [0.2, 0.25) is 17.7 Å². The molecule has 0 radical (unpaired) electrons. The first-order valence-electron chi connectivity index (χ1n) is 14.7. The van der Waals surface area contributed by atoms with E-state index in [2.05, 4.69) is 5.32 Å². The summed E-state index contributed by atoms with van der Waals surface area (Å²) in [6.45, 7) is -0.279. The molecule has 47 heavy (non-hydrogen) atoms. The Balaban J connectivity index is 1.27. The number of imide groups is 1. The van der Waals surface area contributed by atoms with Crippen molar-refractivity contribution in [3.8, 4) is 0 Å². The number of fused-ring (bicyclic) bond motifs is 3. The highest BCUT2D eigenvalue weighted by atomic mass is 32.2. The van der Waals surface area contributed by atoms with Crippen molar-refractivity contribution in [2.45, 2.75) is 22.7 Å². The molecule has 0 spiro atoms. The summed E-state index contributed by atoms with van der Waals surface area (Å²) in [6, 6.07) is 26.2. The lowest BCUT2D eigenvalue weighted by atomic mass is 9.83. The SMILES string of the molecule is CN(C)c1ccc([C@@H]2c3sc(=O)n(CC(=O)Nc4cccc5ccccc45)c3S[C@H]3C(=O)N(c4ccc([N+](=O)[O-])cc4)C(=O)[C@@H]23)cc1. The molecule has 7 rings (SSSR count). The second-order valence-corrected chi connectivity index (χ2v) is 13.6. The number of non-ortho nitro benzene ring substituents is 1. The van der Waals surface area contributed by atoms with Crippen molar-refractivity contribution in [3.63, 3.8) is 0 Å². The van der Waals surface area contributed by atoms with Crippen molar-refractivity contribution in [1.29, 1.82) is 0 Å². The fourth-order valence-corrected chi connectivity index (χ4v) is 9.01. The van der Waals surface area contributed by atoms with Gasteiger partial charge in [0.1, 0.15) is 11.8 Å². The van der Waals surface area contributed by atoms with Crippen LogP contribution in [-0.4, -0.2) is 46.6 Å². The van der Waals surface area contributed by atoms with Gasteiger partial charge in [-0.15, -0.1) is 0 Å². The standard InChI is InChI=1S/C34H27N5O6S2/c1-36(2)21-12-10-20(11-13-21)27-28-29(32(42)38(31(28)41)22-14-16-23(17-15-22)39(44)45)46-33-30(27)47-34(43)37(33)18-26(40)35-25-9-5-7-19-6-3-4-8-24(19)25/h3-17,27-29H,18H2,1-2H3,(H,35,40)/t27-,28-,29+/m0/s1. The minimum absolute atomic E-state index is 0.161. The topological polar surface area (TPSA) is 135 Å². The van der Waals surface area contributed by atoms with Gasteiger partial charge in [-0.1, -0.05) is 71.6 Å². The van der Waals surface area contributed by atoms with Crippen LogP contribution in [0, 0.1) is 16.0 Å². The Morgan fingerprint density at radius 3 is 2.32 bits per heavy atom. The van der Waals surface area contributed by atoms with Gasteiger partial charge in [-0.25, -0.2) is 4.90 Å². The number of carbonyl (C=O) groups excluding carboxylic acids is 3. The molecule has 11 nitrogen and oxygen atoms in total. The van der Waals surface area contributed by atoms with E-state index < -0.39 is 39.7 Å². The highest BCUT2D eigenvalue weighted by molar-refractivity contribution is 8.00. The van der Waals surface area contributed by atoms with Crippen LogP contribution in [0.4, 0.5) is 22.7 Å². The lowest BCUT2D eigenvalue weighted by Crippen LogP contribution is -2.33. The normalized spacial score (nSPS) is 18.6. The fraction of sp³-hybridized carbons (Fsp3) is 0.176. The Bertz CT molecular complexity index is 2140. The third-order valence-corrected chi connectivity index (χ3v) is 11.1. The lowest BCUT2D eigenvalue weighted by molar-refractivity contribution is -0.384. The van der Waals surface area contributed by atoms with Gasteiger partial charge in [0.15, 0.2) is 0 Å². The molecule has 4 aromatic carbocycles. The Hall–Kier alpha value is -5.27. The van der Waals surface area contributed by atoms with Gasteiger partial charge in [0.05, 0.1) is 21.6 Å². The number of nitro benzene ring substituents is 1. The van der Waals surface area contributed by atoms with Gasteiger partial charge in [0, 0.05) is 53.8 Å². The van der Waals surface area contributed by atoms with Crippen LogP contribution in [0.2, 0.25) is 0 Å². The fourth-order valence-electron chi connectivity index (χ4n) is 6.24. The van der Waals surface area contributed by atoms with Gasteiger partial charge in [-0.05, 0) is 41.3 Å². The van der Waals surface area contributed by atoms with Crippen molar-refractivity contribution >= 4 is 74.3 Å². The zero-order chi connectivity index (χ0) is 33.0. The number of benzene rings is 4. The average molecular weight is 666 g/mol. The summed E-state index contributed by atoms with van der Waals surface area (Å²) in [5, 5.41) is 15.6. The lowest BCUT2D eigenvalue weighted by Gasteiger charge is -2.31. The van der Waals surface area contributed by atoms with Crippen LogP contribution in [0.1, 0.15) is 16.4 Å². The molecule has 3 heterocycles. The maximum atomic E-state index is 14.1. The largest absolute Gasteiger partial charge is 0.378 e. The second kappa shape index (κ2) is 11.8. The maximum absolute atomic E-state index is 14.1. The van der Waals surface area contributed by atoms with Crippen molar-refractivity contribution in [2.75, 3.05) is 29.2 Å². The van der Waals surface area contributed by atoms with Gasteiger partial charge in [-0.3, -0.25) is 33.9 Å². The van der Waals surface area contributed by atoms with E-state index in [9.17, 15) is 29.3 Å². The summed E-state index contributed by atoms with van der Waals surface area (Å²) >= 11 is 2.09. The Morgan fingerprint density at radius 2 is 1.62 bits per heavy atom.